The number of amides is 1. The van der Waals surface area contributed by atoms with Gasteiger partial charge in [-0.15, -0.1) is 0 Å². The number of nitrogens with zero attached hydrogens (tertiary/aromatic N) is 1. The van der Waals surface area contributed by atoms with Gasteiger partial charge in [0.05, 0.1) is 7.11 Å². The number of carbonyl (C=O) groups excluding carboxylic acids is 2. The average molecular weight is 269 g/mol. The molecule has 0 spiro atoms. The summed E-state index contributed by atoms with van der Waals surface area (Å²) in [5.74, 6) is 0.633. The van der Waals surface area contributed by atoms with Crippen molar-refractivity contribution >= 4 is 11.9 Å². The van der Waals surface area contributed by atoms with Crippen LogP contribution in [-0.2, 0) is 14.3 Å². The number of hydrogen-bond acceptors (Lipinski definition) is 3. The minimum atomic E-state index is -0.199. The van der Waals surface area contributed by atoms with E-state index in [-0.39, 0.29) is 17.3 Å². The van der Waals surface area contributed by atoms with Crippen LogP contribution in [0.2, 0.25) is 0 Å². The Morgan fingerprint density at radius 3 is 2.63 bits per heavy atom. The summed E-state index contributed by atoms with van der Waals surface area (Å²) in [5, 5.41) is 0. The molecule has 1 rings (SSSR count). The van der Waals surface area contributed by atoms with E-state index in [2.05, 4.69) is 25.5 Å². The Morgan fingerprint density at radius 2 is 2.05 bits per heavy atom. The number of rotatable bonds is 4. The summed E-state index contributed by atoms with van der Waals surface area (Å²) in [6.07, 6.45) is 3.77. The van der Waals surface area contributed by atoms with E-state index in [1.54, 1.807) is 0 Å². The molecule has 0 aromatic heterocycles. The summed E-state index contributed by atoms with van der Waals surface area (Å²) in [7, 11) is 1.40. The van der Waals surface area contributed by atoms with Gasteiger partial charge in [-0.2, -0.15) is 0 Å². The number of likely N-dealkylation sites (tertiary alicyclic amines) is 1. The van der Waals surface area contributed by atoms with Crippen LogP contribution >= 0.6 is 0 Å². The molecule has 1 amide bonds. The standard InChI is InChI=1S/C15H27NO3/c1-15(2,3)12-7-8-13(17)16(11-9-12)10-5-6-14(18)19-4/h12H,5-11H2,1-4H3. The minimum absolute atomic E-state index is 0.199. The maximum Gasteiger partial charge on any atom is 0.305 e. The predicted octanol–water partition coefficient (Wildman–Crippen LogP) is 2.61. The van der Waals surface area contributed by atoms with Crippen LogP contribution in [0.1, 0.15) is 52.9 Å². The van der Waals surface area contributed by atoms with Gasteiger partial charge in [-0.05, 0) is 30.6 Å². The lowest BCUT2D eigenvalue weighted by Gasteiger charge is -2.29. The number of ether oxygens (including phenoxy) is 1. The predicted molar refractivity (Wildman–Crippen MR) is 74.6 cm³/mol. The SMILES string of the molecule is COC(=O)CCCN1CCC(C(C)(C)C)CCC1=O. The first-order valence-corrected chi connectivity index (χ1v) is 7.19. The highest BCUT2D eigenvalue weighted by Crippen LogP contribution is 2.34. The van der Waals surface area contributed by atoms with E-state index in [1.807, 2.05) is 4.90 Å². The fourth-order valence-corrected chi connectivity index (χ4v) is 2.66. The van der Waals surface area contributed by atoms with Gasteiger partial charge in [-0.1, -0.05) is 20.8 Å². The van der Waals surface area contributed by atoms with Crippen LogP contribution in [0.4, 0.5) is 0 Å². The Bertz CT molecular complexity index is 320. The van der Waals surface area contributed by atoms with Crippen molar-refractivity contribution in [3.05, 3.63) is 0 Å². The molecule has 1 fully saturated rings. The first-order valence-electron chi connectivity index (χ1n) is 7.19. The summed E-state index contributed by atoms with van der Waals surface area (Å²) in [6, 6.07) is 0. The number of esters is 1. The summed E-state index contributed by atoms with van der Waals surface area (Å²) >= 11 is 0. The second-order valence-electron chi connectivity index (χ2n) is 6.45. The normalized spacial score (nSPS) is 21.2. The van der Waals surface area contributed by atoms with Crippen LogP contribution in [0.5, 0.6) is 0 Å². The lowest BCUT2D eigenvalue weighted by Crippen LogP contribution is -2.32. The number of carbonyl (C=O) groups is 2. The second kappa shape index (κ2) is 6.92. The second-order valence-corrected chi connectivity index (χ2v) is 6.45. The minimum Gasteiger partial charge on any atom is -0.469 e. The van der Waals surface area contributed by atoms with Crippen molar-refractivity contribution in [2.24, 2.45) is 11.3 Å². The van der Waals surface area contributed by atoms with Gasteiger partial charge in [-0.3, -0.25) is 9.59 Å². The fraction of sp³-hybridized carbons (Fsp3) is 0.867. The molecule has 0 radical (unpaired) electrons. The molecule has 1 aliphatic heterocycles. The van der Waals surface area contributed by atoms with Gasteiger partial charge in [0.15, 0.2) is 0 Å². The van der Waals surface area contributed by atoms with Gasteiger partial charge in [0.25, 0.3) is 0 Å². The highest BCUT2D eigenvalue weighted by atomic mass is 16.5. The van der Waals surface area contributed by atoms with Gasteiger partial charge >= 0.3 is 5.97 Å². The molecule has 0 bridgehead atoms. The molecule has 0 aromatic rings. The Morgan fingerprint density at radius 1 is 1.37 bits per heavy atom. The average Bonchev–Trinajstić information content (AvgIpc) is 2.51. The van der Waals surface area contributed by atoms with Crippen molar-refractivity contribution in [3.63, 3.8) is 0 Å². The topological polar surface area (TPSA) is 46.6 Å². The zero-order valence-corrected chi connectivity index (χ0v) is 12.7. The maximum atomic E-state index is 12.0. The van der Waals surface area contributed by atoms with Crippen molar-refractivity contribution in [3.8, 4) is 0 Å². The van der Waals surface area contributed by atoms with Crippen LogP contribution in [-0.4, -0.2) is 37.0 Å². The molecule has 1 saturated heterocycles. The van der Waals surface area contributed by atoms with Crippen LogP contribution in [0.25, 0.3) is 0 Å². The lowest BCUT2D eigenvalue weighted by atomic mass is 9.77. The third-order valence-electron chi connectivity index (χ3n) is 4.07. The smallest absolute Gasteiger partial charge is 0.305 e. The van der Waals surface area contributed by atoms with Crippen LogP contribution in [0.15, 0.2) is 0 Å². The molecule has 0 aromatic carbocycles. The van der Waals surface area contributed by atoms with Gasteiger partial charge in [0, 0.05) is 25.9 Å². The van der Waals surface area contributed by atoms with Crippen molar-refractivity contribution in [1.82, 2.24) is 4.90 Å². The fourth-order valence-electron chi connectivity index (χ4n) is 2.66. The zero-order chi connectivity index (χ0) is 14.5. The molecule has 0 aliphatic carbocycles. The Labute approximate surface area is 116 Å². The molecular weight excluding hydrogens is 242 g/mol. The van der Waals surface area contributed by atoms with E-state index < -0.39 is 0 Å². The van der Waals surface area contributed by atoms with E-state index in [0.29, 0.717) is 31.7 Å². The Kier molecular flexibility index (Phi) is 5.83. The zero-order valence-electron chi connectivity index (χ0n) is 12.7. The molecule has 110 valence electrons. The lowest BCUT2D eigenvalue weighted by molar-refractivity contribution is -0.141. The van der Waals surface area contributed by atoms with E-state index in [9.17, 15) is 9.59 Å². The van der Waals surface area contributed by atoms with Gasteiger partial charge in [0.1, 0.15) is 0 Å². The van der Waals surface area contributed by atoms with Gasteiger partial charge in [-0.25, -0.2) is 0 Å². The summed E-state index contributed by atoms with van der Waals surface area (Å²) in [6.45, 7) is 8.23. The third kappa shape index (κ3) is 5.21. The van der Waals surface area contributed by atoms with Gasteiger partial charge in [0.2, 0.25) is 5.91 Å². The molecule has 1 unspecified atom stereocenters. The summed E-state index contributed by atoms with van der Waals surface area (Å²) in [5.41, 5.74) is 0.266. The molecular formula is C15H27NO3. The highest BCUT2D eigenvalue weighted by Gasteiger charge is 2.29. The monoisotopic (exact) mass is 269 g/mol. The summed E-state index contributed by atoms with van der Waals surface area (Å²) in [4.78, 5) is 25.0. The van der Waals surface area contributed by atoms with Crippen LogP contribution in [0.3, 0.4) is 0 Å². The molecule has 1 atom stereocenters. The van der Waals surface area contributed by atoms with Gasteiger partial charge < -0.3 is 9.64 Å². The molecule has 19 heavy (non-hydrogen) atoms. The third-order valence-corrected chi connectivity index (χ3v) is 4.07. The molecule has 4 nitrogen and oxygen atoms in total. The molecule has 1 heterocycles. The highest BCUT2D eigenvalue weighted by molar-refractivity contribution is 5.76. The quantitative estimate of drug-likeness (QED) is 0.737. The van der Waals surface area contributed by atoms with E-state index in [1.165, 1.54) is 7.11 Å². The Balaban J connectivity index is 2.43. The largest absolute Gasteiger partial charge is 0.469 e. The van der Waals surface area contributed by atoms with E-state index >= 15 is 0 Å². The number of methoxy groups -OCH3 is 1. The molecule has 4 heteroatoms. The van der Waals surface area contributed by atoms with Crippen molar-refractivity contribution in [2.75, 3.05) is 20.2 Å². The Hall–Kier alpha value is -1.06. The van der Waals surface area contributed by atoms with Crippen molar-refractivity contribution in [2.45, 2.75) is 52.9 Å². The van der Waals surface area contributed by atoms with Crippen LogP contribution in [0, 0.1) is 11.3 Å². The molecule has 0 saturated carbocycles. The van der Waals surface area contributed by atoms with E-state index in [4.69, 9.17) is 0 Å². The molecule has 0 N–H and O–H groups in total. The first kappa shape index (κ1) is 16.0. The van der Waals surface area contributed by atoms with Crippen molar-refractivity contribution in [1.29, 1.82) is 0 Å². The maximum absolute atomic E-state index is 12.0. The summed E-state index contributed by atoms with van der Waals surface area (Å²) < 4.78 is 4.61. The van der Waals surface area contributed by atoms with E-state index in [0.717, 1.165) is 19.4 Å². The van der Waals surface area contributed by atoms with Crippen molar-refractivity contribution < 1.29 is 14.3 Å². The number of hydrogen-bond donors (Lipinski definition) is 0. The molecule has 1 aliphatic rings. The van der Waals surface area contributed by atoms with Crippen LogP contribution < -0.4 is 0 Å². The first-order chi connectivity index (χ1) is 8.84.